The molecular formula is C11H10N2O2. The lowest BCUT2D eigenvalue weighted by molar-refractivity contribution is -0.383. The van der Waals surface area contributed by atoms with Gasteiger partial charge in [-0.2, -0.15) is 0 Å². The Morgan fingerprint density at radius 3 is 3.00 bits per heavy atom. The van der Waals surface area contributed by atoms with Crippen LogP contribution in [-0.4, -0.2) is 9.91 Å². The van der Waals surface area contributed by atoms with Gasteiger partial charge < -0.3 is 4.98 Å². The molecule has 0 radical (unpaired) electrons. The van der Waals surface area contributed by atoms with Crippen molar-refractivity contribution in [3.63, 3.8) is 0 Å². The van der Waals surface area contributed by atoms with Crippen LogP contribution in [0.1, 0.15) is 17.7 Å². The number of aromatic nitrogens is 1. The fraction of sp³-hybridized carbons (Fsp3) is 0.273. The molecule has 0 fully saturated rings. The lowest BCUT2D eigenvalue weighted by atomic mass is 10.1. The molecule has 1 N–H and O–H groups in total. The molecule has 0 bridgehead atoms. The van der Waals surface area contributed by atoms with E-state index < -0.39 is 0 Å². The number of hydrogen-bond donors (Lipinski definition) is 1. The SMILES string of the molecule is O=[N+]([O-])c1cccc2c3c([nH]c12)CCC3. The van der Waals surface area contributed by atoms with E-state index in [1.807, 2.05) is 6.07 Å². The van der Waals surface area contributed by atoms with Gasteiger partial charge in [-0.3, -0.25) is 10.1 Å². The van der Waals surface area contributed by atoms with E-state index in [4.69, 9.17) is 0 Å². The summed E-state index contributed by atoms with van der Waals surface area (Å²) >= 11 is 0. The molecule has 1 aromatic heterocycles. The monoisotopic (exact) mass is 202 g/mol. The molecule has 0 unspecified atom stereocenters. The van der Waals surface area contributed by atoms with Gasteiger partial charge in [0, 0.05) is 17.1 Å². The van der Waals surface area contributed by atoms with Crippen LogP contribution < -0.4 is 0 Å². The Bertz CT molecular complexity index is 557. The van der Waals surface area contributed by atoms with Gasteiger partial charge in [-0.25, -0.2) is 0 Å². The molecule has 2 aromatic rings. The highest BCUT2D eigenvalue weighted by Crippen LogP contribution is 2.33. The van der Waals surface area contributed by atoms with Crippen molar-refractivity contribution in [1.82, 2.24) is 4.98 Å². The number of nitrogens with one attached hydrogen (secondary N) is 1. The van der Waals surface area contributed by atoms with Crippen LogP contribution in [0.3, 0.4) is 0 Å². The Hall–Kier alpha value is -1.84. The van der Waals surface area contributed by atoms with E-state index in [9.17, 15) is 10.1 Å². The number of fused-ring (bicyclic) bond motifs is 3. The van der Waals surface area contributed by atoms with E-state index in [0.717, 1.165) is 24.6 Å². The van der Waals surface area contributed by atoms with Crippen LogP contribution in [0.5, 0.6) is 0 Å². The van der Waals surface area contributed by atoms with Crippen LogP contribution in [0, 0.1) is 10.1 Å². The first-order valence-corrected chi connectivity index (χ1v) is 5.04. The van der Waals surface area contributed by atoms with Crippen molar-refractivity contribution in [3.8, 4) is 0 Å². The minimum absolute atomic E-state index is 0.182. The summed E-state index contributed by atoms with van der Waals surface area (Å²) in [7, 11) is 0. The molecule has 4 nitrogen and oxygen atoms in total. The fourth-order valence-electron chi connectivity index (χ4n) is 2.40. The summed E-state index contributed by atoms with van der Waals surface area (Å²) in [5.74, 6) is 0. The molecule has 0 spiro atoms. The van der Waals surface area contributed by atoms with E-state index >= 15 is 0 Å². The molecule has 1 heterocycles. The van der Waals surface area contributed by atoms with E-state index in [2.05, 4.69) is 4.98 Å². The van der Waals surface area contributed by atoms with Gasteiger partial charge in [-0.05, 0) is 24.8 Å². The van der Waals surface area contributed by atoms with Gasteiger partial charge in [0.15, 0.2) is 0 Å². The summed E-state index contributed by atoms with van der Waals surface area (Å²) in [4.78, 5) is 13.7. The number of aromatic amines is 1. The molecule has 4 heteroatoms. The topological polar surface area (TPSA) is 58.9 Å². The van der Waals surface area contributed by atoms with Crippen molar-refractivity contribution in [2.45, 2.75) is 19.3 Å². The standard InChI is InChI=1S/C11H10N2O2/c14-13(15)10-6-2-4-8-7-3-1-5-9(7)12-11(8)10/h2,4,6,12H,1,3,5H2. The number of aryl methyl sites for hydroxylation is 2. The van der Waals surface area contributed by atoms with Gasteiger partial charge in [0.05, 0.1) is 4.92 Å². The van der Waals surface area contributed by atoms with Crippen LogP contribution in [0.4, 0.5) is 5.69 Å². The van der Waals surface area contributed by atoms with Crippen molar-refractivity contribution in [2.24, 2.45) is 0 Å². The highest BCUT2D eigenvalue weighted by molar-refractivity contribution is 5.92. The average Bonchev–Trinajstić information content (AvgIpc) is 2.75. The number of non-ortho nitro benzene ring substituents is 1. The Morgan fingerprint density at radius 1 is 1.33 bits per heavy atom. The average molecular weight is 202 g/mol. The third-order valence-electron chi connectivity index (χ3n) is 3.06. The summed E-state index contributed by atoms with van der Waals surface area (Å²) in [6.45, 7) is 0. The quantitative estimate of drug-likeness (QED) is 0.570. The predicted octanol–water partition coefficient (Wildman–Crippen LogP) is 2.56. The number of rotatable bonds is 1. The van der Waals surface area contributed by atoms with Crippen molar-refractivity contribution in [1.29, 1.82) is 0 Å². The first-order chi connectivity index (χ1) is 7.27. The molecule has 3 rings (SSSR count). The molecule has 0 atom stereocenters. The second-order valence-corrected chi connectivity index (χ2v) is 3.89. The van der Waals surface area contributed by atoms with Gasteiger partial charge >= 0.3 is 0 Å². The second kappa shape index (κ2) is 2.82. The molecule has 0 saturated heterocycles. The maximum atomic E-state index is 10.8. The van der Waals surface area contributed by atoms with Crippen molar-refractivity contribution >= 4 is 16.6 Å². The minimum Gasteiger partial charge on any atom is -0.353 e. The van der Waals surface area contributed by atoms with Gasteiger partial charge in [-0.15, -0.1) is 0 Å². The van der Waals surface area contributed by atoms with Crippen LogP contribution in [0.25, 0.3) is 10.9 Å². The first-order valence-electron chi connectivity index (χ1n) is 5.04. The largest absolute Gasteiger partial charge is 0.353 e. The molecule has 0 saturated carbocycles. The minimum atomic E-state index is -0.325. The van der Waals surface area contributed by atoms with Crippen LogP contribution >= 0.6 is 0 Å². The third kappa shape index (κ3) is 1.08. The van der Waals surface area contributed by atoms with E-state index in [1.54, 1.807) is 12.1 Å². The number of nitrogens with zero attached hydrogens (tertiary/aromatic N) is 1. The molecule has 0 amide bonds. The molecule has 0 aliphatic heterocycles. The number of hydrogen-bond acceptors (Lipinski definition) is 2. The Kier molecular flexibility index (Phi) is 1.59. The van der Waals surface area contributed by atoms with Crippen LogP contribution in [0.2, 0.25) is 0 Å². The summed E-state index contributed by atoms with van der Waals surface area (Å²) in [6.07, 6.45) is 3.21. The second-order valence-electron chi connectivity index (χ2n) is 3.89. The van der Waals surface area contributed by atoms with E-state index in [1.165, 1.54) is 11.3 Å². The Balaban J connectivity index is 2.37. The maximum absolute atomic E-state index is 10.8. The smallest absolute Gasteiger partial charge is 0.293 e. The summed E-state index contributed by atoms with van der Waals surface area (Å²) < 4.78 is 0. The Labute approximate surface area is 86.1 Å². The highest BCUT2D eigenvalue weighted by atomic mass is 16.6. The van der Waals surface area contributed by atoms with Crippen molar-refractivity contribution in [3.05, 3.63) is 39.6 Å². The molecule has 1 aromatic carbocycles. The Morgan fingerprint density at radius 2 is 2.20 bits per heavy atom. The highest BCUT2D eigenvalue weighted by Gasteiger charge is 2.21. The number of benzene rings is 1. The van der Waals surface area contributed by atoms with E-state index in [0.29, 0.717) is 5.52 Å². The van der Waals surface area contributed by atoms with Crippen molar-refractivity contribution < 1.29 is 4.92 Å². The van der Waals surface area contributed by atoms with Crippen LogP contribution in [-0.2, 0) is 12.8 Å². The molecular weight excluding hydrogens is 192 g/mol. The lowest BCUT2D eigenvalue weighted by Crippen LogP contribution is -1.89. The predicted molar refractivity (Wildman–Crippen MR) is 57.0 cm³/mol. The van der Waals surface area contributed by atoms with Gasteiger partial charge in [-0.1, -0.05) is 12.1 Å². The fourth-order valence-corrected chi connectivity index (χ4v) is 2.40. The van der Waals surface area contributed by atoms with Crippen molar-refractivity contribution in [2.75, 3.05) is 0 Å². The molecule has 1 aliphatic carbocycles. The zero-order valence-electron chi connectivity index (χ0n) is 8.12. The first kappa shape index (κ1) is 8.47. The molecule has 15 heavy (non-hydrogen) atoms. The number of nitro benzene ring substituents is 1. The summed E-state index contributed by atoms with van der Waals surface area (Å²) in [5, 5.41) is 11.9. The lowest BCUT2D eigenvalue weighted by Gasteiger charge is -1.95. The zero-order chi connectivity index (χ0) is 10.4. The number of nitro groups is 1. The summed E-state index contributed by atoms with van der Waals surface area (Å²) in [6, 6.07) is 5.27. The van der Waals surface area contributed by atoms with Crippen LogP contribution in [0.15, 0.2) is 18.2 Å². The van der Waals surface area contributed by atoms with Gasteiger partial charge in [0.2, 0.25) is 0 Å². The number of H-pyrrole nitrogens is 1. The number of para-hydroxylation sites is 1. The van der Waals surface area contributed by atoms with Gasteiger partial charge in [0.25, 0.3) is 5.69 Å². The van der Waals surface area contributed by atoms with Gasteiger partial charge in [0.1, 0.15) is 5.52 Å². The summed E-state index contributed by atoms with van der Waals surface area (Å²) in [5.41, 5.74) is 3.32. The van der Waals surface area contributed by atoms with E-state index in [-0.39, 0.29) is 10.6 Å². The third-order valence-corrected chi connectivity index (χ3v) is 3.06. The molecule has 1 aliphatic rings. The zero-order valence-corrected chi connectivity index (χ0v) is 8.12. The maximum Gasteiger partial charge on any atom is 0.293 e. The molecule has 76 valence electrons. The normalized spacial score (nSPS) is 14.4.